The number of rotatable bonds is 2. The Bertz CT molecular complexity index is 379. The lowest BCUT2D eigenvalue weighted by atomic mass is 10.2. The number of halogens is 1. The molecule has 0 aliphatic rings. The fraction of sp³-hybridized carbons (Fsp3) is 0.200. The van der Waals surface area contributed by atoms with Crippen LogP contribution in [-0.4, -0.2) is 11.8 Å². The number of hydrogen-bond donors (Lipinski definition) is 2. The fourth-order valence-corrected chi connectivity index (χ4v) is 1.32. The molecule has 80 valence electrons. The van der Waals surface area contributed by atoms with Crippen LogP contribution in [0.3, 0.4) is 0 Å². The van der Waals surface area contributed by atoms with Crippen molar-refractivity contribution in [1.82, 2.24) is 10.9 Å². The number of carbonyl (C=O) groups excluding carboxylic acids is 2. The highest BCUT2D eigenvalue weighted by Gasteiger charge is 2.05. The zero-order valence-corrected chi connectivity index (χ0v) is 9.80. The van der Waals surface area contributed by atoms with Gasteiger partial charge < -0.3 is 0 Å². The predicted octanol–water partition coefficient (Wildman–Crippen LogP) is 1.62. The van der Waals surface area contributed by atoms with Crippen molar-refractivity contribution in [2.75, 3.05) is 0 Å². The molecular formula is C10H11BrN2O2. The lowest BCUT2D eigenvalue weighted by molar-refractivity contribution is -0.121. The van der Waals surface area contributed by atoms with Crippen LogP contribution in [0.1, 0.15) is 23.7 Å². The number of benzene rings is 1. The number of nitrogens with one attached hydrogen (secondary N) is 2. The van der Waals surface area contributed by atoms with Gasteiger partial charge in [-0.15, -0.1) is 0 Å². The van der Waals surface area contributed by atoms with E-state index in [-0.39, 0.29) is 11.8 Å². The molecule has 5 heteroatoms. The van der Waals surface area contributed by atoms with E-state index in [0.717, 1.165) is 4.47 Å². The molecule has 4 nitrogen and oxygen atoms in total. The number of amides is 2. The average Bonchev–Trinajstić information content (AvgIpc) is 2.25. The van der Waals surface area contributed by atoms with Gasteiger partial charge in [-0.25, -0.2) is 0 Å². The van der Waals surface area contributed by atoms with E-state index >= 15 is 0 Å². The molecule has 1 aromatic carbocycles. The van der Waals surface area contributed by atoms with Gasteiger partial charge in [-0.05, 0) is 18.2 Å². The fourth-order valence-electron chi connectivity index (χ4n) is 0.917. The summed E-state index contributed by atoms with van der Waals surface area (Å²) < 4.78 is 0.817. The summed E-state index contributed by atoms with van der Waals surface area (Å²) in [7, 11) is 0. The second-order valence-corrected chi connectivity index (χ2v) is 3.78. The monoisotopic (exact) mass is 270 g/mol. The topological polar surface area (TPSA) is 58.2 Å². The maximum atomic E-state index is 11.5. The van der Waals surface area contributed by atoms with Crippen LogP contribution in [0.25, 0.3) is 0 Å². The maximum Gasteiger partial charge on any atom is 0.269 e. The Morgan fingerprint density at radius 2 is 2.07 bits per heavy atom. The molecule has 0 aliphatic heterocycles. The minimum atomic E-state index is -0.335. The molecule has 0 heterocycles. The highest BCUT2D eigenvalue weighted by molar-refractivity contribution is 9.10. The predicted molar refractivity (Wildman–Crippen MR) is 60.0 cm³/mol. The Balaban J connectivity index is 2.58. The molecule has 0 unspecified atom stereocenters. The summed E-state index contributed by atoms with van der Waals surface area (Å²) in [5.74, 6) is -0.559. The molecule has 0 bridgehead atoms. The molecule has 0 saturated carbocycles. The summed E-state index contributed by atoms with van der Waals surface area (Å²) in [6.07, 6.45) is 0.332. The molecule has 0 spiro atoms. The molecule has 2 N–H and O–H groups in total. The van der Waals surface area contributed by atoms with Crippen LogP contribution in [-0.2, 0) is 4.79 Å². The van der Waals surface area contributed by atoms with Gasteiger partial charge in [0.1, 0.15) is 0 Å². The Labute approximate surface area is 96.2 Å². The van der Waals surface area contributed by atoms with Gasteiger partial charge in [-0.1, -0.05) is 28.9 Å². The van der Waals surface area contributed by atoms with Crippen molar-refractivity contribution in [3.8, 4) is 0 Å². The van der Waals surface area contributed by atoms with Crippen molar-refractivity contribution in [2.24, 2.45) is 0 Å². The second kappa shape index (κ2) is 5.50. The van der Waals surface area contributed by atoms with Crippen molar-refractivity contribution < 1.29 is 9.59 Å². The first kappa shape index (κ1) is 11.7. The van der Waals surface area contributed by atoms with Crippen LogP contribution in [0.15, 0.2) is 28.7 Å². The Morgan fingerprint density at radius 3 is 2.67 bits per heavy atom. The summed E-state index contributed by atoms with van der Waals surface area (Å²) in [6, 6.07) is 6.91. The van der Waals surface area contributed by atoms with Crippen molar-refractivity contribution in [2.45, 2.75) is 13.3 Å². The Morgan fingerprint density at radius 1 is 1.33 bits per heavy atom. The first-order valence-electron chi connectivity index (χ1n) is 4.48. The van der Waals surface area contributed by atoms with E-state index in [1.807, 2.05) is 6.07 Å². The van der Waals surface area contributed by atoms with Gasteiger partial charge >= 0.3 is 0 Å². The quantitative estimate of drug-likeness (QED) is 0.803. The third-order valence-electron chi connectivity index (χ3n) is 1.72. The summed E-state index contributed by atoms with van der Waals surface area (Å²) in [5.41, 5.74) is 5.10. The van der Waals surface area contributed by atoms with Gasteiger partial charge in [0.05, 0.1) is 0 Å². The van der Waals surface area contributed by atoms with E-state index in [0.29, 0.717) is 12.0 Å². The molecule has 15 heavy (non-hydrogen) atoms. The zero-order valence-electron chi connectivity index (χ0n) is 8.21. The first-order chi connectivity index (χ1) is 7.13. The van der Waals surface area contributed by atoms with E-state index in [1.54, 1.807) is 25.1 Å². The van der Waals surface area contributed by atoms with Gasteiger partial charge in [0.15, 0.2) is 0 Å². The van der Waals surface area contributed by atoms with Crippen LogP contribution < -0.4 is 10.9 Å². The minimum Gasteiger partial charge on any atom is -0.273 e. The van der Waals surface area contributed by atoms with E-state index in [2.05, 4.69) is 26.8 Å². The average molecular weight is 271 g/mol. The highest BCUT2D eigenvalue weighted by Crippen LogP contribution is 2.11. The van der Waals surface area contributed by atoms with Crippen molar-refractivity contribution in [3.63, 3.8) is 0 Å². The van der Waals surface area contributed by atoms with Gasteiger partial charge in [0.2, 0.25) is 5.91 Å². The molecule has 0 fully saturated rings. The van der Waals surface area contributed by atoms with Gasteiger partial charge in [-0.3, -0.25) is 20.4 Å². The van der Waals surface area contributed by atoms with Crippen molar-refractivity contribution in [3.05, 3.63) is 34.3 Å². The number of hydrazine groups is 1. The largest absolute Gasteiger partial charge is 0.273 e. The summed E-state index contributed by atoms with van der Waals surface area (Å²) >= 11 is 3.26. The summed E-state index contributed by atoms with van der Waals surface area (Å²) in [6.45, 7) is 1.71. The Hall–Kier alpha value is -1.36. The van der Waals surface area contributed by atoms with Crippen LogP contribution in [0.2, 0.25) is 0 Å². The Kier molecular flexibility index (Phi) is 4.30. The van der Waals surface area contributed by atoms with Gasteiger partial charge in [-0.2, -0.15) is 0 Å². The van der Waals surface area contributed by atoms with Crippen LogP contribution >= 0.6 is 15.9 Å². The number of hydrogen-bond acceptors (Lipinski definition) is 2. The molecule has 0 saturated heterocycles. The molecular weight excluding hydrogens is 260 g/mol. The zero-order chi connectivity index (χ0) is 11.3. The van der Waals surface area contributed by atoms with Gasteiger partial charge in [0, 0.05) is 16.5 Å². The molecule has 2 amide bonds. The van der Waals surface area contributed by atoms with Crippen LogP contribution in [0.5, 0.6) is 0 Å². The van der Waals surface area contributed by atoms with Crippen molar-refractivity contribution in [1.29, 1.82) is 0 Å². The summed E-state index contributed by atoms with van der Waals surface area (Å²) in [5, 5.41) is 0. The normalized spacial score (nSPS) is 9.47. The van der Waals surface area contributed by atoms with E-state index in [1.165, 1.54) is 0 Å². The third kappa shape index (κ3) is 3.71. The standard InChI is InChI=1S/C10H11BrN2O2/c1-2-9(14)12-13-10(15)7-4-3-5-8(11)6-7/h3-6H,2H2,1H3,(H,12,14)(H,13,15). The van der Waals surface area contributed by atoms with Crippen LogP contribution in [0.4, 0.5) is 0 Å². The lowest BCUT2D eigenvalue weighted by Gasteiger charge is -2.05. The molecule has 1 rings (SSSR count). The SMILES string of the molecule is CCC(=O)NNC(=O)c1cccc(Br)c1. The molecule has 0 radical (unpaired) electrons. The molecule has 0 aliphatic carbocycles. The van der Waals surface area contributed by atoms with Crippen LogP contribution in [0, 0.1) is 0 Å². The van der Waals surface area contributed by atoms with E-state index in [9.17, 15) is 9.59 Å². The van der Waals surface area contributed by atoms with E-state index in [4.69, 9.17) is 0 Å². The summed E-state index contributed by atoms with van der Waals surface area (Å²) in [4.78, 5) is 22.4. The minimum absolute atomic E-state index is 0.224. The molecule has 0 aromatic heterocycles. The third-order valence-corrected chi connectivity index (χ3v) is 2.22. The number of carbonyl (C=O) groups is 2. The first-order valence-corrected chi connectivity index (χ1v) is 5.27. The molecule has 0 atom stereocenters. The smallest absolute Gasteiger partial charge is 0.269 e. The second-order valence-electron chi connectivity index (χ2n) is 2.87. The highest BCUT2D eigenvalue weighted by atomic mass is 79.9. The van der Waals surface area contributed by atoms with Gasteiger partial charge in [0.25, 0.3) is 5.91 Å². The lowest BCUT2D eigenvalue weighted by Crippen LogP contribution is -2.41. The molecule has 1 aromatic rings. The van der Waals surface area contributed by atoms with E-state index < -0.39 is 0 Å². The maximum absolute atomic E-state index is 11.5. The van der Waals surface area contributed by atoms with Crippen molar-refractivity contribution >= 4 is 27.7 Å².